The van der Waals surface area contributed by atoms with Crippen molar-refractivity contribution in [2.24, 2.45) is 0 Å². The predicted molar refractivity (Wildman–Crippen MR) is 106 cm³/mol. The molecule has 1 unspecified atom stereocenters. The molecule has 1 fully saturated rings. The number of thiophene rings is 1. The number of anilines is 1. The average Bonchev–Trinajstić information content (AvgIpc) is 3.06. The maximum atomic E-state index is 13.2. The van der Waals surface area contributed by atoms with Crippen molar-refractivity contribution < 1.29 is 23.8 Å². The zero-order chi connectivity index (χ0) is 20.1. The fraction of sp³-hybridized carbons (Fsp3) is 0.400. The minimum Gasteiger partial charge on any atom is -0.462 e. The Morgan fingerprint density at radius 3 is 2.79 bits per heavy atom. The number of likely N-dealkylation sites (tertiary alicyclic amines) is 1. The molecule has 0 saturated carbocycles. The van der Waals surface area contributed by atoms with E-state index < -0.39 is 12.1 Å². The van der Waals surface area contributed by atoms with Crippen molar-refractivity contribution in [1.82, 2.24) is 4.90 Å². The zero-order valence-corrected chi connectivity index (χ0v) is 16.4. The predicted octanol–water partition coefficient (Wildman–Crippen LogP) is 3.13. The molecule has 2 aromatic rings. The highest BCUT2D eigenvalue weighted by atomic mass is 32.1. The molecular weight excluding hydrogens is 383 g/mol. The molecule has 1 aromatic carbocycles. The number of amides is 1. The Balaban J connectivity index is 1.80. The van der Waals surface area contributed by atoms with Crippen LogP contribution < -0.4 is 5.32 Å². The van der Waals surface area contributed by atoms with Crippen LogP contribution in [0.15, 0.2) is 29.6 Å². The number of carbonyl (C=O) groups is 2. The number of benzene rings is 1. The number of aliphatic hydroxyl groups excluding tert-OH is 1. The van der Waals surface area contributed by atoms with E-state index in [4.69, 9.17) is 4.74 Å². The molecule has 2 heterocycles. The third kappa shape index (κ3) is 4.95. The van der Waals surface area contributed by atoms with Crippen LogP contribution in [0.4, 0.5) is 9.39 Å². The molecule has 1 saturated heterocycles. The number of halogens is 1. The number of carbonyl (C=O) groups excluding carboxylic acids is 2. The van der Waals surface area contributed by atoms with E-state index in [-0.39, 0.29) is 30.4 Å². The highest BCUT2D eigenvalue weighted by Gasteiger charge is 2.24. The van der Waals surface area contributed by atoms with Gasteiger partial charge in [0.25, 0.3) is 0 Å². The fourth-order valence-electron chi connectivity index (χ4n) is 3.24. The maximum absolute atomic E-state index is 13.2. The molecule has 2 N–H and O–H groups in total. The molecule has 0 spiro atoms. The summed E-state index contributed by atoms with van der Waals surface area (Å²) in [6.45, 7) is 3.27. The van der Waals surface area contributed by atoms with Crippen LogP contribution in [-0.4, -0.2) is 54.2 Å². The lowest BCUT2D eigenvalue weighted by atomic mass is 10.0. The Hall–Kier alpha value is -2.29. The Kier molecular flexibility index (Phi) is 6.77. The van der Waals surface area contributed by atoms with Gasteiger partial charge in [-0.25, -0.2) is 9.18 Å². The van der Waals surface area contributed by atoms with E-state index >= 15 is 0 Å². The number of hydrogen-bond acceptors (Lipinski definition) is 6. The molecule has 8 heteroatoms. The highest BCUT2D eigenvalue weighted by molar-refractivity contribution is 7.15. The van der Waals surface area contributed by atoms with Gasteiger partial charge < -0.3 is 15.2 Å². The minimum absolute atomic E-state index is 0.142. The normalized spacial score (nSPS) is 17.3. The van der Waals surface area contributed by atoms with E-state index in [9.17, 15) is 19.1 Å². The summed E-state index contributed by atoms with van der Waals surface area (Å²) in [6.07, 6.45) is 1.18. The summed E-state index contributed by atoms with van der Waals surface area (Å²) in [5.74, 6) is -1.16. The molecule has 1 aliphatic rings. The van der Waals surface area contributed by atoms with Crippen molar-refractivity contribution in [3.63, 3.8) is 0 Å². The third-order valence-electron chi connectivity index (χ3n) is 4.53. The standard InChI is InChI=1S/C20H23FN2O4S/c1-2-27-20(26)18-16(13-5-7-14(21)8-6-13)12-28-19(18)22-17(25)11-23-9-3-4-15(24)10-23/h5-8,12,15,24H,2-4,9-11H2,1H3,(H,22,25). The van der Waals surface area contributed by atoms with Crippen LogP contribution in [0.5, 0.6) is 0 Å². The lowest BCUT2D eigenvalue weighted by Gasteiger charge is -2.29. The maximum Gasteiger partial charge on any atom is 0.341 e. The fourth-order valence-corrected chi connectivity index (χ4v) is 4.22. The Morgan fingerprint density at radius 2 is 2.11 bits per heavy atom. The first-order valence-electron chi connectivity index (χ1n) is 9.22. The van der Waals surface area contributed by atoms with Crippen molar-refractivity contribution in [2.45, 2.75) is 25.9 Å². The van der Waals surface area contributed by atoms with Gasteiger partial charge in [-0.2, -0.15) is 0 Å². The van der Waals surface area contributed by atoms with Crippen molar-refractivity contribution in [2.75, 3.05) is 31.6 Å². The van der Waals surface area contributed by atoms with Crippen LogP contribution in [-0.2, 0) is 9.53 Å². The second-order valence-electron chi connectivity index (χ2n) is 6.66. The van der Waals surface area contributed by atoms with Gasteiger partial charge in [0.1, 0.15) is 16.4 Å². The van der Waals surface area contributed by atoms with Gasteiger partial charge in [-0.05, 0) is 44.0 Å². The van der Waals surface area contributed by atoms with Crippen molar-refractivity contribution in [3.8, 4) is 11.1 Å². The van der Waals surface area contributed by atoms with Gasteiger partial charge in [-0.15, -0.1) is 11.3 Å². The number of aliphatic hydroxyl groups is 1. The SMILES string of the molecule is CCOC(=O)c1c(-c2ccc(F)cc2)csc1NC(=O)CN1CCCC(O)C1. The third-order valence-corrected chi connectivity index (χ3v) is 5.42. The van der Waals surface area contributed by atoms with Crippen LogP contribution in [0.2, 0.25) is 0 Å². The largest absolute Gasteiger partial charge is 0.462 e. The zero-order valence-electron chi connectivity index (χ0n) is 15.6. The Morgan fingerprint density at radius 1 is 1.36 bits per heavy atom. The van der Waals surface area contributed by atoms with Gasteiger partial charge in [-0.3, -0.25) is 9.69 Å². The van der Waals surface area contributed by atoms with Gasteiger partial charge in [0.2, 0.25) is 5.91 Å². The van der Waals surface area contributed by atoms with Crippen molar-refractivity contribution in [3.05, 3.63) is 41.0 Å². The molecule has 3 rings (SSSR count). The number of nitrogens with one attached hydrogen (secondary N) is 1. The summed E-state index contributed by atoms with van der Waals surface area (Å²) in [4.78, 5) is 26.9. The summed E-state index contributed by atoms with van der Waals surface area (Å²) in [7, 11) is 0. The molecule has 1 atom stereocenters. The van der Waals surface area contributed by atoms with Crippen molar-refractivity contribution in [1.29, 1.82) is 0 Å². The Bertz CT molecular complexity index is 837. The lowest BCUT2D eigenvalue weighted by molar-refractivity contribution is -0.117. The summed E-state index contributed by atoms with van der Waals surface area (Å²) >= 11 is 1.23. The van der Waals surface area contributed by atoms with Crippen LogP contribution >= 0.6 is 11.3 Å². The van der Waals surface area contributed by atoms with Gasteiger partial charge in [0, 0.05) is 17.5 Å². The molecular formula is C20H23FN2O4S. The summed E-state index contributed by atoms with van der Waals surface area (Å²) < 4.78 is 18.4. The van der Waals surface area contributed by atoms with Crippen LogP contribution in [0.25, 0.3) is 11.1 Å². The molecule has 0 bridgehead atoms. The van der Waals surface area contributed by atoms with Crippen LogP contribution in [0, 0.1) is 5.82 Å². The van der Waals surface area contributed by atoms with Gasteiger partial charge in [0.15, 0.2) is 0 Å². The first-order chi connectivity index (χ1) is 13.5. The Labute approximate surface area is 166 Å². The topological polar surface area (TPSA) is 78.9 Å². The number of hydrogen-bond donors (Lipinski definition) is 2. The highest BCUT2D eigenvalue weighted by Crippen LogP contribution is 2.36. The smallest absolute Gasteiger partial charge is 0.341 e. The van der Waals surface area contributed by atoms with Gasteiger partial charge in [0.05, 0.1) is 19.3 Å². The molecule has 1 aliphatic heterocycles. The first-order valence-corrected chi connectivity index (χ1v) is 10.1. The minimum atomic E-state index is -0.535. The average molecular weight is 406 g/mol. The van der Waals surface area contributed by atoms with E-state index in [2.05, 4.69) is 5.32 Å². The van der Waals surface area contributed by atoms with E-state index in [0.29, 0.717) is 22.7 Å². The van der Waals surface area contributed by atoms with Crippen LogP contribution in [0.1, 0.15) is 30.1 Å². The van der Waals surface area contributed by atoms with E-state index in [0.717, 1.165) is 19.4 Å². The van der Waals surface area contributed by atoms with E-state index in [1.54, 1.807) is 24.4 Å². The first kappa shape index (κ1) is 20.4. The van der Waals surface area contributed by atoms with E-state index in [1.807, 2.05) is 4.90 Å². The second-order valence-corrected chi connectivity index (χ2v) is 7.54. The second kappa shape index (κ2) is 9.27. The number of β-amino-alcohol motifs (C(OH)–C–C–N with tert-alkyl or cyclic N) is 1. The number of ether oxygens (including phenoxy) is 1. The van der Waals surface area contributed by atoms with Crippen molar-refractivity contribution >= 4 is 28.2 Å². The molecule has 150 valence electrons. The monoisotopic (exact) mass is 406 g/mol. The molecule has 0 aliphatic carbocycles. The molecule has 1 aromatic heterocycles. The van der Waals surface area contributed by atoms with Gasteiger partial charge in [-0.1, -0.05) is 12.1 Å². The summed E-state index contributed by atoms with van der Waals surface area (Å²) in [5.41, 5.74) is 1.53. The number of esters is 1. The quantitative estimate of drug-likeness (QED) is 0.721. The molecule has 28 heavy (non-hydrogen) atoms. The van der Waals surface area contributed by atoms with Crippen LogP contribution in [0.3, 0.4) is 0 Å². The molecule has 6 nitrogen and oxygen atoms in total. The number of nitrogens with zero attached hydrogens (tertiary/aromatic N) is 1. The number of piperidine rings is 1. The molecule has 1 amide bonds. The van der Waals surface area contributed by atoms with Gasteiger partial charge >= 0.3 is 5.97 Å². The lowest BCUT2D eigenvalue weighted by Crippen LogP contribution is -2.42. The summed E-state index contributed by atoms with van der Waals surface area (Å²) in [5, 5.41) is 14.7. The number of rotatable bonds is 6. The van der Waals surface area contributed by atoms with E-state index in [1.165, 1.54) is 23.5 Å². The summed E-state index contributed by atoms with van der Waals surface area (Å²) in [6, 6.07) is 5.81. The molecule has 0 radical (unpaired) electrons.